The van der Waals surface area contributed by atoms with E-state index in [4.69, 9.17) is 0 Å². The van der Waals surface area contributed by atoms with Gasteiger partial charge in [0.1, 0.15) is 0 Å². The van der Waals surface area contributed by atoms with Crippen LogP contribution >= 0.6 is 11.8 Å². The Labute approximate surface area is 384 Å². The van der Waals surface area contributed by atoms with Gasteiger partial charge in [-0.2, -0.15) is 0 Å². The lowest BCUT2D eigenvalue weighted by Gasteiger charge is -2.46. The Kier molecular flexibility index (Phi) is 7.51. The van der Waals surface area contributed by atoms with Gasteiger partial charge in [0.2, 0.25) is 0 Å². The number of hydrogen-bond acceptors (Lipinski definition) is 2. The van der Waals surface area contributed by atoms with Crippen molar-refractivity contribution in [1.29, 1.82) is 0 Å². The third-order valence-corrected chi connectivity index (χ3v) is 17.9. The number of nitrogens with zero attached hydrogens (tertiary/aromatic N) is 2. The molecule has 1 spiro atoms. The summed E-state index contributed by atoms with van der Waals surface area (Å²) in [4.78, 5) is 5.17. The van der Waals surface area contributed by atoms with Crippen LogP contribution in [0.1, 0.15) is 59.9 Å². The van der Waals surface area contributed by atoms with Gasteiger partial charge in [0.15, 0.2) is 0 Å². The SMILES string of the molecule is c1ccc2c(c1)Sc1c(N(c3ccc(-c4cccc5ccccc45)cc3)c3ccc(C45CC6CC(CC4C6)C5)cc3)cccc1C21c2ccccc2-n2c3ccccc3c3cccc1c32. The monoisotopic (exact) mass is 850 g/mol. The third kappa shape index (κ3) is 4.87. The topological polar surface area (TPSA) is 8.17 Å². The van der Waals surface area contributed by atoms with Crippen LogP contribution in [0.3, 0.4) is 0 Å². The maximum Gasteiger partial charge on any atom is 0.0765 e. The zero-order valence-corrected chi connectivity index (χ0v) is 36.9. The smallest absolute Gasteiger partial charge is 0.0765 e. The van der Waals surface area contributed by atoms with Crippen LogP contribution < -0.4 is 4.90 Å². The van der Waals surface area contributed by atoms with Gasteiger partial charge in [-0.05, 0) is 154 Å². The zero-order chi connectivity index (χ0) is 42.4. The van der Waals surface area contributed by atoms with E-state index in [1.165, 1.54) is 125 Å². The molecule has 0 radical (unpaired) electrons. The molecule has 4 fully saturated rings. The van der Waals surface area contributed by atoms with E-state index < -0.39 is 5.41 Å². The fourth-order valence-corrected chi connectivity index (χ4v) is 15.7. The molecule has 1 aromatic heterocycles. The molecule has 65 heavy (non-hydrogen) atoms. The Hall–Kier alpha value is -6.81. The number of benzene rings is 9. The predicted octanol–water partition coefficient (Wildman–Crippen LogP) is 16.3. The summed E-state index contributed by atoms with van der Waals surface area (Å²) in [5.41, 5.74) is 16.6. The van der Waals surface area contributed by atoms with Crippen molar-refractivity contribution in [2.75, 3.05) is 4.90 Å². The quantitative estimate of drug-likeness (QED) is 0.170. The van der Waals surface area contributed by atoms with E-state index in [9.17, 15) is 0 Å². The average molecular weight is 851 g/mol. The molecule has 2 aliphatic heterocycles. The van der Waals surface area contributed by atoms with Crippen LogP contribution in [-0.4, -0.2) is 4.57 Å². The van der Waals surface area contributed by atoms with Gasteiger partial charge in [-0.1, -0.05) is 163 Å². The first kappa shape index (κ1) is 36.5. The van der Waals surface area contributed by atoms with Gasteiger partial charge in [-0.25, -0.2) is 0 Å². The fourth-order valence-electron chi connectivity index (χ4n) is 14.4. The lowest BCUT2D eigenvalue weighted by atomic mass is 9.62. The van der Waals surface area contributed by atoms with E-state index >= 15 is 0 Å². The van der Waals surface area contributed by atoms with Crippen LogP contribution in [0.15, 0.2) is 210 Å². The largest absolute Gasteiger partial charge is 0.309 e. The van der Waals surface area contributed by atoms with E-state index in [1.54, 1.807) is 5.56 Å². The van der Waals surface area contributed by atoms with E-state index in [1.807, 2.05) is 11.8 Å². The zero-order valence-electron chi connectivity index (χ0n) is 36.1. The Morgan fingerprint density at radius 3 is 1.97 bits per heavy atom. The molecule has 310 valence electrons. The van der Waals surface area contributed by atoms with Crippen molar-refractivity contribution >= 4 is 61.4 Å². The van der Waals surface area contributed by atoms with Crippen molar-refractivity contribution in [1.82, 2.24) is 4.57 Å². The second-order valence-electron chi connectivity index (χ2n) is 19.7. The highest BCUT2D eigenvalue weighted by molar-refractivity contribution is 7.99. The first-order valence-corrected chi connectivity index (χ1v) is 24.5. The minimum atomic E-state index is -0.554. The predicted molar refractivity (Wildman–Crippen MR) is 270 cm³/mol. The highest BCUT2D eigenvalue weighted by atomic mass is 32.2. The Morgan fingerprint density at radius 1 is 0.492 bits per heavy atom. The van der Waals surface area contributed by atoms with Crippen LogP contribution in [0, 0.1) is 17.8 Å². The minimum absolute atomic E-state index is 0.368. The van der Waals surface area contributed by atoms with Gasteiger partial charge in [-0.3, -0.25) is 0 Å². The second-order valence-corrected chi connectivity index (χ2v) is 20.8. The van der Waals surface area contributed by atoms with E-state index in [0.717, 1.165) is 23.4 Å². The summed E-state index contributed by atoms with van der Waals surface area (Å²) in [6.07, 6.45) is 7.08. The van der Waals surface area contributed by atoms with E-state index in [2.05, 4.69) is 210 Å². The van der Waals surface area contributed by atoms with Crippen LogP contribution in [0.25, 0.3) is 49.4 Å². The molecule has 4 saturated carbocycles. The minimum Gasteiger partial charge on any atom is -0.309 e. The van der Waals surface area contributed by atoms with Crippen molar-refractivity contribution in [2.45, 2.75) is 52.7 Å². The first-order chi connectivity index (χ1) is 32.2. The second kappa shape index (κ2) is 13.4. The van der Waals surface area contributed by atoms with Crippen LogP contribution in [-0.2, 0) is 10.8 Å². The summed E-state index contributed by atoms with van der Waals surface area (Å²) >= 11 is 1.94. The molecule has 16 rings (SSSR count). The molecule has 0 N–H and O–H groups in total. The molecule has 4 bridgehead atoms. The third-order valence-electron chi connectivity index (χ3n) is 16.7. The van der Waals surface area contributed by atoms with Gasteiger partial charge in [0.25, 0.3) is 0 Å². The lowest BCUT2D eigenvalue weighted by Crippen LogP contribution is -2.38. The summed E-state index contributed by atoms with van der Waals surface area (Å²) in [5, 5.41) is 5.14. The van der Waals surface area contributed by atoms with Gasteiger partial charge >= 0.3 is 0 Å². The summed E-state index contributed by atoms with van der Waals surface area (Å²) in [6, 6.07) is 76.3. The summed E-state index contributed by atoms with van der Waals surface area (Å²) in [6.45, 7) is 0. The van der Waals surface area contributed by atoms with Crippen molar-refractivity contribution in [3.05, 3.63) is 228 Å². The molecular weight excluding hydrogens is 805 g/mol. The normalized spacial score (nSPS) is 23.0. The maximum atomic E-state index is 2.56. The summed E-state index contributed by atoms with van der Waals surface area (Å²) < 4.78 is 2.54. The molecule has 3 heteroatoms. The molecule has 4 aliphatic carbocycles. The number of rotatable bonds is 5. The van der Waals surface area contributed by atoms with Gasteiger partial charge in [0.05, 0.1) is 27.8 Å². The van der Waals surface area contributed by atoms with Crippen molar-refractivity contribution in [2.24, 2.45) is 17.8 Å². The Morgan fingerprint density at radius 2 is 1.12 bits per heavy atom. The van der Waals surface area contributed by atoms with Gasteiger partial charge in [-0.15, -0.1) is 0 Å². The lowest BCUT2D eigenvalue weighted by molar-refractivity contribution is 0.266. The molecule has 3 unspecified atom stereocenters. The van der Waals surface area contributed by atoms with E-state index in [0.29, 0.717) is 5.41 Å². The van der Waals surface area contributed by atoms with Crippen LogP contribution in [0.4, 0.5) is 17.1 Å². The van der Waals surface area contributed by atoms with Crippen LogP contribution in [0.5, 0.6) is 0 Å². The Balaban J connectivity index is 0.970. The van der Waals surface area contributed by atoms with Gasteiger partial charge < -0.3 is 9.47 Å². The first-order valence-electron chi connectivity index (χ1n) is 23.7. The van der Waals surface area contributed by atoms with Crippen molar-refractivity contribution < 1.29 is 0 Å². The summed E-state index contributed by atoms with van der Waals surface area (Å²) in [5.74, 6) is 2.69. The molecular formula is C62H46N2S. The maximum absolute atomic E-state index is 2.56. The molecule has 0 amide bonds. The number of para-hydroxylation sites is 3. The molecule has 3 atom stereocenters. The molecule has 6 aliphatic rings. The molecule has 2 nitrogen and oxygen atoms in total. The number of hydrogen-bond donors (Lipinski definition) is 0. The molecule has 9 aromatic carbocycles. The van der Waals surface area contributed by atoms with Gasteiger partial charge in [0, 0.05) is 31.9 Å². The molecule has 10 aromatic rings. The molecule has 0 saturated heterocycles. The number of anilines is 3. The highest BCUT2D eigenvalue weighted by Gasteiger charge is 2.58. The van der Waals surface area contributed by atoms with E-state index in [-0.39, 0.29) is 0 Å². The molecule has 3 heterocycles. The number of aromatic nitrogens is 1. The standard InChI is InChI=1S/C62H46N2S/c1-2-14-47-41(12-1)13-9-16-48(47)42-26-30-45(31-27-42)63(46-32-28-43(29-33-46)61-37-39-34-40(38-61)36-44(61)35-39)57-24-11-21-54-60(57)65-58-25-8-5-19-52(58)62(54)51-18-4-7-23-56(51)64-55-22-6-3-15-49(55)50-17-10-20-53(62)59(50)64/h1-33,39-40,44H,34-38H2. The number of fused-ring (bicyclic) bond motifs is 12. The Bertz CT molecular complexity index is 3580. The van der Waals surface area contributed by atoms with Crippen LogP contribution in [0.2, 0.25) is 0 Å². The highest BCUT2D eigenvalue weighted by Crippen LogP contribution is 2.67. The summed E-state index contributed by atoms with van der Waals surface area (Å²) in [7, 11) is 0. The average Bonchev–Trinajstić information content (AvgIpc) is 3.93. The van der Waals surface area contributed by atoms with Crippen molar-refractivity contribution in [3.63, 3.8) is 0 Å². The van der Waals surface area contributed by atoms with Crippen molar-refractivity contribution in [3.8, 4) is 16.8 Å². The fraction of sp³-hybridized carbons (Fsp3) is 0.161.